The van der Waals surface area contributed by atoms with Gasteiger partial charge < -0.3 is 4.79 Å². The van der Waals surface area contributed by atoms with Gasteiger partial charge in [-0.25, -0.2) is 0 Å². The lowest BCUT2D eigenvalue weighted by Gasteiger charge is -1.99. The van der Waals surface area contributed by atoms with Crippen LogP contribution in [0.25, 0.3) is 0 Å². The highest BCUT2D eigenvalue weighted by Crippen LogP contribution is 2.07. The SMILES string of the molecule is O=CCCc1ccccc1C=O. The third-order valence-corrected chi connectivity index (χ3v) is 1.71. The number of rotatable bonds is 4. The number of carbonyl (C=O) groups excluding carboxylic acids is 2. The Labute approximate surface area is 71.2 Å². The monoisotopic (exact) mass is 162 g/mol. The lowest BCUT2D eigenvalue weighted by Crippen LogP contribution is -1.92. The molecule has 2 nitrogen and oxygen atoms in total. The van der Waals surface area contributed by atoms with Crippen LogP contribution in [0.5, 0.6) is 0 Å². The second kappa shape index (κ2) is 4.44. The van der Waals surface area contributed by atoms with Crippen LogP contribution in [0, 0.1) is 0 Å². The predicted octanol–water partition coefficient (Wildman–Crippen LogP) is 1.63. The molecule has 0 aromatic heterocycles. The van der Waals surface area contributed by atoms with E-state index >= 15 is 0 Å². The van der Waals surface area contributed by atoms with Gasteiger partial charge in [0.1, 0.15) is 12.6 Å². The number of hydrogen-bond acceptors (Lipinski definition) is 2. The topological polar surface area (TPSA) is 34.1 Å². The zero-order valence-corrected chi connectivity index (χ0v) is 6.69. The summed E-state index contributed by atoms with van der Waals surface area (Å²) in [4.78, 5) is 20.6. The van der Waals surface area contributed by atoms with Gasteiger partial charge in [0.25, 0.3) is 0 Å². The van der Waals surface area contributed by atoms with Gasteiger partial charge in [-0.05, 0) is 12.0 Å². The molecule has 0 spiro atoms. The minimum atomic E-state index is 0.477. The number of aryl methyl sites for hydroxylation is 1. The van der Waals surface area contributed by atoms with Crippen LogP contribution in [0.3, 0.4) is 0 Å². The molecular weight excluding hydrogens is 152 g/mol. The van der Waals surface area contributed by atoms with Crippen molar-refractivity contribution in [1.29, 1.82) is 0 Å². The van der Waals surface area contributed by atoms with Crippen molar-refractivity contribution in [2.24, 2.45) is 0 Å². The van der Waals surface area contributed by atoms with Crippen molar-refractivity contribution in [1.82, 2.24) is 0 Å². The lowest BCUT2D eigenvalue weighted by molar-refractivity contribution is -0.107. The van der Waals surface area contributed by atoms with Crippen molar-refractivity contribution < 1.29 is 9.59 Å². The molecule has 2 heteroatoms. The summed E-state index contributed by atoms with van der Waals surface area (Å²) in [5, 5.41) is 0. The van der Waals surface area contributed by atoms with Gasteiger partial charge in [0.05, 0.1) is 0 Å². The van der Waals surface area contributed by atoms with E-state index in [9.17, 15) is 9.59 Å². The molecule has 62 valence electrons. The smallest absolute Gasteiger partial charge is 0.150 e. The highest BCUT2D eigenvalue weighted by Gasteiger charge is 1.98. The molecule has 0 saturated heterocycles. The Morgan fingerprint density at radius 2 is 1.92 bits per heavy atom. The maximum absolute atomic E-state index is 10.5. The highest BCUT2D eigenvalue weighted by molar-refractivity contribution is 5.77. The normalized spacial score (nSPS) is 9.33. The minimum Gasteiger partial charge on any atom is -0.303 e. The average molecular weight is 162 g/mol. The molecule has 12 heavy (non-hydrogen) atoms. The minimum absolute atomic E-state index is 0.477. The van der Waals surface area contributed by atoms with Crippen LogP contribution in [0.2, 0.25) is 0 Å². The van der Waals surface area contributed by atoms with Gasteiger partial charge in [-0.3, -0.25) is 4.79 Å². The molecule has 0 bridgehead atoms. The molecule has 0 fully saturated rings. The van der Waals surface area contributed by atoms with Crippen LogP contribution >= 0.6 is 0 Å². The molecule has 0 amide bonds. The maximum atomic E-state index is 10.5. The first-order valence-electron chi connectivity index (χ1n) is 3.85. The molecule has 0 aliphatic heterocycles. The van der Waals surface area contributed by atoms with E-state index in [1.807, 2.05) is 18.2 Å². The number of hydrogen-bond donors (Lipinski definition) is 0. The molecular formula is C10H10O2. The van der Waals surface area contributed by atoms with E-state index in [1.165, 1.54) is 0 Å². The van der Waals surface area contributed by atoms with E-state index in [2.05, 4.69) is 0 Å². The fourth-order valence-corrected chi connectivity index (χ4v) is 1.09. The summed E-state index contributed by atoms with van der Waals surface area (Å²) in [7, 11) is 0. The van der Waals surface area contributed by atoms with Gasteiger partial charge in [-0.1, -0.05) is 24.3 Å². The molecule has 1 aromatic rings. The Bertz CT molecular complexity index is 279. The van der Waals surface area contributed by atoms with Gasteiger partial charge in [0, 0.05) is 12.0 Å². The quantitative estimate of drug-likeness (QED) is 0.630. The lowest BCUT2D eigenvalue weighted by atomic mass is 10.0. The third kappa shape index (κ3) is 2.02. The van der Waals surface area contributed by atoms with Gasteiger partial charge in [0.2, 0.25) is 0 Å². The molecule has 1 rings (SSSR count). The summed E-state index contributed by atoms with van der Waals surface area (Å²) >= 11 is 0. The van der Waals surface area contributed by atoms with Crippen LogP contribution in [-0.2, 0) is 11.2 Å². The first-order valence-corrected chi connectivity index (χ1v) is 3.85. The Balaban J connectivity index is 2.81. The summed E-state index contributed by atoms with van der Waals surface area (Å²) in [6.07, 6.45) is 2.81. The summed E-state index contributed by atoms with van der Waals surface area (Å²) in [5.41, 5.74) is 1.62. The number of benzene rings is 1. The Hall–Kier alpha value is -1.44. The van der Waals surface area contributed by atoms with E-state index in [1.54, 1.807) is 6.07 Å². The summed E-state index contributed by atoms with van der Waals surface area (Å²) in [6, 6.07) is 7.31. The van der Waals surface area contributed by atoms with Crippen molar-refractivity contribution >= 4 is 12.6 Å². The summed E-state index contributed by atoms with van der Waals surface area (Å²) < 4.78 is 0. The van der Waals surface area contributed by atoms with Gasteiger partial charge >= 0.3 is 0 Å². The van der Waals surface area contributed by atoms with Crippen LogP contribution in [0.1, 0.15) is 22.3 Å². The fraction of sp³-hybridized carbons (Fsp3) is 0.200. The molecule has 0 heterocycles. The Kier molecular flexibility index (Phi) is 3.20. The van der Waals surface area contributed by atoms with Crippen molar-refractivity contribution in [3.8, 4) is 0 Å². The Morgan fingerprint density at radius 1 is 1.17 bits per heavy atom. The second-order valence-corrected chi connectivity index (χ2v) is 2.52. The molecule has 0 aliphatic carbocycles. The largest absolute Gasteiger partial charge is 0.303 e. The fourth-order valence-electron chi connectivity index (χ4n) is 1.09. The summed E-state index contributed by atoms with van der Waals surface area (Å²) in [6.45, 7) is 0. The maximum Gasteiger partial charge on any atom is 0.150 e. The zero-order valence-electron chi connectivity index (χ0n) is 6.69. The third-order valence-electron chi connectivity index (χ3n) is 1.71. The average Bonchev–Trinajstić information content (AvgIpc) is 2.15. The van der Waals surface area contributed by atoms with Crippen molar-refractivity contribution in [2.75, 3.05) is 0 Å². The van der Waals surface area contributed by atoms with Gasteiger partial charge in [-0.15, -0.1) is 0 Å². The van der Waals surface area contributed by atoms with Crippen molar-refractivity contribution in [3.63, 3.8) is 0 Å². The van der Waals surface area contributed by atoms with Gasteiger partial charge in [0.15, 0.2) is 0 Å². The van der Waals surface area contributed by atoms with E-state index in [0.29, 0.717) is 18.4 Å². The molecule has 1 aromatic carbocycles. The van der Waals surface area contributed by atoms with E-state index in [4.69, 9.17) is 0 Å². The summed E-state index contributed by atoms with van der Waals surface area (Å²) in [5.74, 6) is 0. The number of carbonyl (C=O) groups is 2. The van der Waals surface area contributed by atoms with Crippen LogP contribution in [0.15, 0.2) is 24.3 Å². The zero-order chi connectivity index (χ0) is 8.81. The molecule has 0 unspecified atom stereocenters. The predicted molar refractivity (Wildman–Crippen MR) is 46.2 cm³/mol. The van der Waals surface area contributed by atoms with E-state index in [-0.39, 0.29) is 0 Å². The first-order chi connectivity index (χ1) is 5.88. The molecule has 0 aliphatic rings. The van der Waals surface area contributed by atoms with E-state index < -0.39 is 0 Å². The Morgan fingerprint density at radius 3 is 2.58 bits per heavy atom. The standard InChI is InChI=1S/C10H10O2/c11-7-3-6-9-4-1-2-5-10(9)8-12/h1-2,4-5,7-8H,3,6H2. The van der Waals surface area contributed by atoms with E-state index in [0.717, 1.165) is 18.1 Å². The number of aldehydes is 2. The van der Waals surface area contributed by atoms with Crippen molar-refractivity contribution in [3.05, 3.63) is 35.4 Å². The molecule has 0 saturated carbocycles. The molecule has 0 N–H and O–H groups in total. The second-order valence-electron chi connectivity index (χ2n) is 2.52. The van der Waals surface area contributed by atoms with Crippen molar-refractivity contribution in [2.45, 2.75) is 12.8 Å². The van der Waals surface area contributed by atoms with Crippen LogP contribution < -0.4 is 0 Å². The first kappa shape index (κ1) is 8.65. The highest BCUT2D eigenvalue weighted by atomic mass is 16.1. The van der Waals surface area contributed by atoms with Crippen LogP contribution in [0.4, 0.5) is 0 Å². The van der Waals surface area contributed by atoms with Gasteiger partial charge in [-0.2, -0.15) is 0 Å². The molecule has 0 atom stereocenters. The van der Waals surface area contributed by atoms with Crippen LogP contribution in [-0.4, -0.2) is 12.6 Å². The molecule has 0 radical (unpaired) electrons.